The van der Waals surface area contributed by atoms with Gasteiger partial charge in [0.2, 0.25) is 0 Å². The molecular formula is C13H11ClN4O3. The first-order valence-electron chi connectivity index (χ1n) is 5.82. The molecular weight excluding hydrogens is 296 g/mol. The van der Waals surface area contributed by atoms with Gasteiger partial charge in [0.25, 0.3) is 5.91 Å². The molecule has 0 fully saturated rings. The van der Waals surface area contributed by atoms with Crippen LogP contribution < -0.4 is 11.1 Å². The lowest BCUT2D eigenvalue weighted by Crippen LogP contribution is -2.21. The summed E-state index contributed by atoms with van der Waals surface area (Å²) in [6.07, 6.45) is 1.36. The topological polar surface area (TPSA) is 118 Å². The lowest BCUT2D eigenvalue weighted by atomic mass is 10.1. The Morgan fingerprint density at radius 1 is 1.38 bits per heavy atom. The quantitative estimate of drug-likeness (QED) is 0.789. The molecule has 7 nitrogen and oxygen atoms in total. The minimum absolute atomic E-state index is 0.00878. The number of rotatable bonds is 3. The van der Waals surface area contributed by atoms with Crippen LogP contribution in [0.1, 0.15) is 20.8 Å². The molecule has 2 rings (SSSR count). The van der Waals surface area contributed by atoms with E-state index in [2.05, 4.69) is 15.3 Å². The third-order valence-electron chi connectivity index (χ3n) is 2.74. The van der Waals surface area contributed by atoms with Crippen LogP contribution in [0.3, 0.4) is 0 Å². The number of benzene rings is 1. The Morgan fingerprint density at radius 3 is 2.71 bits per heavy atom. The number of carboxylic acids is 1. The fraction of sp³-hybridized carbons (Fsp3) is 0.0769. The number of carbonyl (C=O) groups is 2. The minimum atomic E-state index is -1.16. The largest absolute Gasteiger partial charge is 0.478 e. The van der Waals surface area contributed by atoms with Gasteiger partial charge in [-0.15, -0.1) is 0 Å². The number of hydrogen-bond donors (Lipinski definition) is 3. The summed E-state index contributed by atoms with van der Waals surface area (Å²) in [7, 11) is 1.45. The number of nitrogens with two attached hydrogens (primary N) is 1. The van der Waals surface area contributed by atoms with Crippen molar-refractivity contribution < 1.29 is 14.7 Å². The number of nitrogens with one attached hydrogen (secondary N) is 1. The number of aromatic nitrogens is 2. The van der Waals surface area contributed by atoms with E-state index in [1.54, 1.807) is 6.07 Å². The number of aromatic carboxylic acids is 1. The van der Waals surface area contributed by atoms with Gasteiger partial charge in [-0.05, 0) is 12.1 Å². The van der Waals surface area contributed by atoms with E-state index in [9.17, 15) is 9.59 Å². The van der Waals surface area contributed by atoms with Gasteiger partial charge in [-0.1, -0.05) is 17.7 Å². The Bertz CT molecular complexity index is 733. The summed E-state index contributed by atoms with van der Waals surface area (Å²) in [5, 5.41) is 11.6. The molecule has 0 aliphatic rings. The van der Waals surface area contributed by atoms with Gasteiger partial charge in [0.05, 0.1) is 22.5 Å². The number of nitrogen functional groups attached to an aromatic ring is 1. The normalized spacial score (nSPS) is 10.2. The van der Waals surface area contributed by atoms with Crippen molar-refractivity contribution in [3.63, 3.8) is 0 Å². The molecule has 1 aromatic carbocycles. The van der Waals surface area contributed by atoms with Crippen LogP contribution >= 0.6 is 11.6 Å². The van der Waals surface area contributed by atoms with Crippen LogP contribution in [-0.2, 0) is 0 Å². The molecule has 1 amide bonds. The van der Waals surface area contributed by atoms with Crippen LogP contribution in [0.4, 0.5) is 5.82 Å². The van der Waals surface area contributed by atoms with Gasteiger partial charge < -0.3 is 16.2 Å². The molecule has 2 aromatic rings. The molecule has 0 unspecified atom stereocenters. The first-order valence-corrected chi connectivity index (χ1v) is 6.19. The van der Waals surface area contributed by atoms with E-state index in [0.717, 1.165) is 0 Å². The number of carboxylic acid groups (broad SMARTS) is 1. The van der Waals surface area contributed by atoms with Gasteiger partial charge in [-0.25, -0.2) is 14.8 Å². The van der Waals surface area contributed by atoms with E-state index < -0.39 is 11.9 Å². The van der Waals surface area contributed by atoms with Crippen molar-refractivity contribution in [2.75, 3.05) is 12.8 Å². The summed E-state index contributed by atoms with van der Waals surface area (Å²) in [6.45, 7) is 0. The maximum atomic E-state index is 11.6. The molecule has 0 saturated carbocycles. The van der Waals surface area contributed by atoms with Gasteiger partial charge in [-0.2, -0.15) is 0 Å². The molecule has 0 bridgehead atoms. The molecule has 1 heterocycles. The SMILES string of the molecule is CNC(=O)c1nc(-c2ccc(Cl)c(C(=O)O)c2)cnc1N. The standard InChI is InChI=1S/C13H11ClN4O3/c1-16-12(19)10-11(15)17-5-9(18-10)6-2-3-8(14)7(4-6)13(20)21/h2-5H,1H3,(H2,15,17)(H,16,19)(H,20,21). The van der Waals surface area contributed by atoms with Crippen LogP contribution in [0, 0.1) is 0 Å². The fourth-order valence-electron chi connectivity index (χ4n) is 1.67. The zero-order chi connectivity index (χ0) is 15.6. The lowest BCUT2D eigenvalue weighted by molar-refractivity contribution is 0.0697. The predicted molar refractivity (Wildman–Crippen MR) is 77.2 cm³/mol. The number of nitrogens with zero attached hydrogens (tertiary/aromatic N) is 2. The van der Waals surface area contributed by atoms with Crippen LogP contribution in [0.25, 0.3) is 11.3 Å². The molecule has 4 N–H and O–H groups in total. The summed E-state index contributed by atoms with van der Waals surface area (Å²) >= 11 is 5.81. The Kier molecular flexibility index (Phi) is 4.04. The Hall–Kier alpha value is -2.67. The van der Waals surface area contributed by atoms with Crippen molar-refractivity contribution in [2.24, 2.45) is 0 Å². The van der Waals surface area contributed by atoms with E-state index in [1.165, 1.54) is 25.4 Å². The van der Waals surface area contributed by atoms with Gasteiger partial charge in [-0.3, -0.25) is 4.79 Å². The number of halogens is 1. The smallest absolute Gasteiger partial charge is 0.337 e. The highest BCUT2D eigenvalue weighted by Gasteiger charge is 2.15. The second kappa shape index (κ2) is 5.76. The van der Waals surface area contributed by atoms with Crippen molar-refractivity contribution in [1.82, 2.24) is 15.3 Å². The van der Waals surface area contributed by atoms with E-state index in [4.69, 9.17) is 22.4 Å². The summed E-state index contributed by atoms with van der Waals surface area (Å²) in [5.74, 6) is -1.64. The van der Waals surface area contributed by atoms with Crippen LogP contribution in [0.5, 0.6) is 0 Å². The summed E-state index contributed by atoms with van der Waals surface area (Å²) < 4.78 is 0. The minimum Gasteiger partial charge on any atom is -0.478 e. The van der Waals surface area contributed by atoms with E-state index in [1.807, 2.05) is 0 Å². The molecule has 21 heavy (non-hydrogen) atoms. The molecule has 0 spiro atoms. The Balaban J connectivity index is 2.55. The Morgan fingerprint density at radius 2 is 2.10 bits per heavy atom. The molecule has 1 aromatic heterocycles. The predicted octanol–water partition coefficient (Wildman–Crippen LogP) is 1.44. The molecule has 8 heteroatoms. The highest BCUT2D eigenvalue weighted by Crippen LogP contribution is 2.24. The number of anilines is 1. The zero-order valence-corrected chi connectivity index (χ0v) is 11.7. The second-order valence-corrected chi connectivity index (χ2v) is 4.48. The van der Waals surface area contributed by atoms with Crippen molar-refractivity contribution in [3.05, 3.63) is 40.7 Å². The second-order valence-electron chi connectivity index (χ2n) is 4.07. The summed E-state index contributed by atoms with van der Waals surface area (Å²) in [5.41, 5.74) is 6.30. The molecule has 0 atom stereocenters. The molecule has 0 saturated heterocycles. The van der Waals surface area contributed by atoms with Gasteiger partial charge in [0.15, 0.2) is 11.5 Å². The molecule has 108 valence electrons. The maximum absolute atomic E-state index is 11.6. The van der Waals surface area contributed by atoms with Crippen molar-refractivity contribution >= 4 is 29.3 Å². The van der Waals surface area contributed by atoms with Gasteiger partial charge in [0, 0.05) is 12.6 Å². The number of carbonyl (C=O) groups excluding carboxylic acids is 1. The van der Waals surface area contributed by atoms with Gasteiger partial charge >= 0.3 is 5.97 Å². The van der Waals surface area contributed by atoms with Crippen LogP contribution in [0.15, 0.2) is 24.4 Å². The Labute approximate surface area is 124 Å². The van der Waals surface area contributed by atoms with E-state index >= 15 is 0 Å². The number of amides is 1. The first-order chi connectivity index (χ1) is 9.93. The van der Waals surface area contributed by atoms with Crippen molar-refractivity contribution in [2.45, 2.75) is 0 Å². The van der Waals surface area contributed by atoms with Crippen LogP contribution in [-0.4, -0.2) is 34.0 Å². The average molecular weight is 307 g/mol. The first kappa shape index (κ1) is 14.7. The number of hydrogen-bond acceptors (Lipinski definition) is 5. The van der Waals surface area contributed by atoms with Crippen molar-refractivity contribution in [1.29, 1.82) is 0 Å². The average Bonchev–Trinajstić information content (AvgIpc) is 2.47. The summed E-state index contributed by atoms with van der Waals surface area (Å²) in [6, 6.07) is 4.39. The van der Waals surface area contributed by atoms with Crippen molar-refractivity contribution in [3.8, 4) is 11.3 Å². The highest BCUT2D eigenvalue weighted by atomic mass is 35.5. The van der Waals surface area contributed by atoms with E-state index in [-0.39, 0.29) is 22.1 Å². The lowest BCUT2D eigenvalue weighted by Gasteiger charge is -2.07. The van der Waals surface area contributed by atoms with Crippen LogP contribution in [0.2, 0.25) is 5.02 Å². The van der Waals surface area contributed by atoms with Gasteiger partial charge in [0.1, 0.15) is 0 Å². The highest BCUT2D eigenvalue weighted by molar-refractivity contribution is 6.33. The molecule has 0 aliphatic carbocycles. The third kappa shape index (κ3) is 2.92. The summed E-state index contributed by atoms with van der Waals surface area (Å²) in [4.78, 5) is 30.7. The molecule has 0 aliphatic heterocycles. The monoisotopic (exact) mass is 306 g/mol. The third-order valence-corrected chi connectivity index (χ3v) is 3.07. The molecule has 0 radical (unpaired) electrons. The van der Waals surface area contributed by atoms with E-state index in [0.29, 0.717) is 11.3 Å². The fourth-order valence-corrected chi connectivity index (χ4v) is 1.87. The maximum Gasteiger partial charge on any atom is 0.337 e. The zero-order valence-electron chi connectivity index (χ0n) is 10.9.